The summed E-state index contributed by atoms with van der Waals surface area (Å²) in [6, 6.07) is 0.290. The van der Waals surface area contributed by atoms with E-state index in [4.69, 9.17) is 0 Å². The molecular formula is C16H27N9. The van der Waals surface area contributed by atoms with E-state index < -0.39 is 0 Å². The second-order valence-electron chi connectivity index (χ2n) is 6.28. The number of guanidine groups is 1. The molecule has 3 rings (SSSR count). The number of fused-ring (bicyclic) bond motifs is 1. The lowest BCUT2D eigenvalue weighted by atomic mass is 10.1. The second kappa shape index (κ2) is 7.62. The van der Waals surface area contributed by atoms with Gasteiger partial charge in [-0.25, -0.2) is 14.7 Å². The molecule has 3 heterocycles. The molecule has 0 aliphatic carbocycles. The Morgan fingerprint density at radius 1 is 1.32 bits per heavy atom. The summed E-state index contributed by atoms with van der Waals surface area (Å²) in [7, 11) is 1.96. The first-order valence-electron chi connectivity index (χ1n) is 8.93. The first kappa shape index (κ1) is 17.4. The molecule has 2 N–H and O–H groups in total. The zero-order valence-electron chi connectivity index (χ0n) is 15.5. The average molecular weight is 345 g/mol. The quantitative estimate of drug-likeness (QED) is 0.599. The minimum atomic E-state index is 0.290. The molecule has 2 aromatic heterocycles. The molecule has 1 aliphatic rings. The van der Waals surface area contributed by atoms with Gasteiger partial charge in [-0.3, -0.25) is 0 Å². The second-order valence-corrected chi connectivity index (χ2v) is 6.28. The molecule has 0 fully saturated rings. The molecule has 2 aromatic rings. The van der Waals surface area contributed by atoms with E-state index in [-0.39, 0.29) is 6.04 Å². The highest BCUT2D eigenvalue weighted by molar-refractivity contribution is 5.80. The van der Waals surface area contributed by atoms with Crippen molar-refractivity contribution in [2.45, 2.75) is 59.2 Å². The molecule has 0 radical (unpaired) electrons. The van der Waals surface area contributed by atoms with Gasteiger partial charge in [-0.15, -0.1) is 10.2 Å². The zero-order chi connectivity index (χ0) is 17.8. The highest BCUT2D eigenvalue weighted by Gasteiger charge is 2.22. The summed E-state index contributed by atoms with van der Waals surface area (Å²) in [4.78, 5) is 9.22. The molecule has 1 aliphatic heterocycles. The van der Waals surface area contributed by atoms with Crippen molar-refractivity contribution in [3.63, 3.8) is 0 Å². The van der Waals surface area contributed by atoms with Crippen molar-refractivity contribution in [2.24, 2.45) is 12.0 Å². The minimum absolute atomic E-state index is 0.290. The lowest BCUT2D eigenvalue weighted by molar-refractivity contribution is 0.392. The van der Waals surface area contributed by atoms with E-state index in [1.807, 2.05) is 23.2 Å². The van der Waals surface area contributed by atoms with Crippen molar-refractivity contribution < 1.29 is 0 Å². The molecule has 0 bridgehead atoms. The molecule has 0 saturated carbocycles. The van der Waals surface area contributed by atoms with E-state index in [2.05, 4.69) is 49.8 Å². The van der Waals surface area contributed by atoms with Gasteiger partial charge in [-0.05, 0) is 20.3 Å². The SMILES string of the molecule is CCNC(=NCc1nnc(C)n1C)NC1CCc2nc(CC)nn2C1. The number of nitrogens with one attached hydrogen (secondary N) is 2. The standard InChI is InChI=1S/C16H27N9/c1-5-13-20-14-8-7-12(10-25(14)23-13)19-16(17-6-2)18-9-15-22-21-11(3)24(15)4/h12H,5-10H2,1-4H3,(H2,17,18,19). The van der Waals surface area contributed by atoms with Crippen molar-refractivity contribution >= 4 is 5.96 Å². The van der Waals surface area contributed by atoms with Gasteiger partial charge in [0.05, 0.1) is 6.54 Å². The Morgan fingerprint density at radius 3 is 2.84 bits per heavy atom. The van der Waals surface area contributed by atoms with Crippen LogP contribution in [0.5, 0.6) is 0 Å². The maximum Gasteiger partial charge on any atom is 0.191 e. The summed E-state index contributed by atoms with van der Waals surface area (Å²) in [6.45, 7) is 8.20. The van der Waals surface area contributed by atoms with Crippen LogP contribution in [0.1, 0.15) is 43.6 Å². The van der Waals surface area contributed by atoms with Crippen LogP contribution in [0.3, 0.4) is 0 Å². The van der Waals surface area contributed by atoms with Crippen molar-refractivity contribution in [3.8, 4) is 0 Å². The van der Waals surface area contributed by atoms with E-state index in [1.165, 1.54) is 0 Å². The van der Waals surface area contributed by atoms with Crippen LogP contribution < -0.4 is 10.6 Å². The van der Waals surface area contributed by atoms with E-state index in [0.717, 1.165) is 61.6 Å². The Balaban J connectivity index is 1.65. The van der Waals surface area contributed by atoms with Gasteiger partial charge >= 0.3 is 0 Å². The zero-order valence-corrected chi connectivity index (χ0v) is 15.5. The maximum atomic E-state index is 4.66. The highest BCUT2D eigenvalue weighted by atomic mass is 15.4. The van der Waals surface area contributed by atoms with Crippen molar-refractivity contribution in [1.82, 2.24) is 40.2 Å². The van der Waals surface area contributed by atoms with E-state index >= 15 is 0 Å². The van der Waals surface area contributed by atoms with Crippen LogP contribution in [0.4, 0.5) is 0 Å². The molecule has 0 saturated heterocycles. The number of aromatic nitrogens is 6. The summed E-state index contributed by atoms with van der Waals surface area (Å²) < 4.78 is 3.98. The highest BCUT2D eigenvalue weighted by Crippen LogP contribution is 2.13. The number of nitrogens with zero attached hydrogens (tertiary/aromatic N) is 7. The Labute approximate surface area is 148 Å². The van der Waals surface area contributed by atoms with Crippen molar-refractivity contribution in [1.29, 1.82) is 0 Å². The fourth-order valence-corrected chi connectivity index (χ4v) is 2.88. The topological polar surface area (TPSA) is 97.8 Å². The van der Waals surface area contributed by atoms with Gasteiger partial charge in [0, 0.05) is 32.5 Å². The van der Waals surface area contributed by atoms with Crippen LogP contribution in [-0.4, -0.2) is 48.1 Å². The molecule has 9 heteroatoms. The minimum Gasteiger partial charge on any atom is -0.357 e. The molecule has 0 spiro atoms. The predicted octanol–water partition coefficient (Wildman–Crippen LogP) is 0.348. The number of hydrogen-bond donors (Lipinski definition) is 2. The van der Waals surface area contributed by atoms with Gasteiger partial charge < -0.3 is 15.2 Å². The number of aryl methyl sites for hydroxylation is 3. The number of aliphatic imine (C=N–C) groups is 1. The van der Waals surface area contributed by atoms with Crippen LogP contribution in [0.2, 0.25) is 0 Å². The largest absolute Gasteiger partial charge is 0.357 e. The Kier molecular flexibility index (Phi) is 5.30. The van der Waals surface area contributed by atoms with E-state index in [9.17, 15) is 0 Å². The average Bonchev–Trinajstić information content (AvgIpc) is 3.16. The van der Waals surface area contributed by atoms with Crippen LogP contribution >= 0.6 is 0 Å². The Morgan fingerprint density at radius 2 is 2.16 bits per heavy atom. The number of hydrogen-bond acceptors (Lipinski definition) is 5. The van der Waals surface area contributed by atoms with Crippen molar-refractivity contribution in [2.75, 3.05) is 6.54 Å². The van der Waals surface area contributed by atoms with Gasteiger partial charge in [-0.1, -0.05) is 6.92 Å². The molecule has 1 unspecified atom stereocenters. The fourth-order valence-electron chi connectivity index (χ4n) is 2.88. The normalized spacial score (nSPS) is 17.4. The maximum absolute atomic E-state index is 4.66. The van der Waals surface area contributed by atoms with Crippen LogP contribution in [0, 0.1) is 6.92 Å². The van der Waals surface area contributed by atoms with Crippen molar-refractivity contribution in [3.05, 3.63) is 23.3 Å². The molecule has 1 atom stereocenters. The summed E-state index contributed by atoms with van der Waals surface area (Å²) >= 11 is 0. The van der Waals surface area contributed by atoms with E-state index in [1.54, 1.807) is 0 Å². The van der Waals surface area contributed by atoms with Gasteiger partial charge in [-0.2, -0.15) is 5.10 Å². The monoisotopic (exact) mass is 345 g/mol. The summed E-state index contributed by atoms with van der Waals surface area (Å²) in [5.41, 5.74) is 0. The Hall–Kier alpha value is -2.45. The first-order chi connectivity index (χ1) is 12.1. The van der Waals surface area contributed by atoms with E-state index in [0.29, 0.717) is 6.54 Å². The van der Waals surface area contributed by atoms with Gasteiger partial charge in [0.15, 0.2) is 17.6 Å². The summed E-state index contributed by atoms with van der Waals surface area (Å²) in [5, 5.41) is 19.6. The lowest BCUT2D eigenvalue weighted by Gasteiger charge is -2.25. The predicted molar refractivity (Wildman–Crippen MR) is 95.2 cm³/mol. The third-order valence-corrected chi connectivity index (χ3v) is 4.46. The smallest absolute Gasteiger partial charge is 0.191 e. The third kappa shape index (κ3) is 3.97. The van der Waals surface area contributed by atoms with Gasteiger partial charge in [0.2, 0.25) is 0 Å². The van der Waals surface area contributed by atoms with Crippen LogP contribution in [0.25, 0.3) is 0 Å². The molecule has 25 heavy (non-hydrogen) atoms. The molecular weight excluding hydrogens is 318 g/mol. The molecule has 9 nitrogen and oxygen atoms in total. The number of rotatable bonds is 5. The van der Waals surface area contributed by atoms with Crippen LogP contribution in [0.15, 0.2) is 4.99 Å². The molecule has 136 valence electrons. The Bertz CT molecular complexity index is 743. The molecule has 0 amide bonds. The summed E-state index contributed by atoms with van der Waals surface area (Å²) in [6.07, 6.45) is 2.83. The lowest BCUT2D eigenvalue weighted by Crippen LogP contribution is -2.47. The summed E-state index contributed by atoms with van der Waals surface area (Å²) in [5.74, 6) is 4.55. The van der Waals surface area contributed by atoms with Gasteiger partial charge in [0.1, 0.15) is 18.2 Å². The van der Waals surface area contributed by atoms with Crippen LogP contribution in [-0.2, 0) is 33.0 Å². The molecule has 0 aromatic carbocycles. The fraction of sp³-hybridized carbons (Fsp3) is 0.688. The third-order valence-electron chi connectivity index (χ3n) is 4.46. The first-order valence-corrected chi connectivity index (χ1v) is 8.93. The van der Waals surface area contributed by atoms with Gasteiger partial charge in [0.25, 0.3) is 0 Å².